The Morgan fingerprint density at radius 2 is 1.31 bits per heavy atom. The van der Waals surface area contributed by atoms with Gasteiger partial charge in [0.05, 0.1) is 15.9 Å². The molecular formula is C25H24N4O2S. The van der Waals surface area contributed by atoms with Crippen LogP contribution in [-0.4, -0.2) is 48.9 Å². The van der Waals surface area contributed by atoms with Gasteiger partial charge < -0.3 is 4.90 Å². The Kier molecular flexibility index (Phi) is 5.36. The molecule has 7 heteroatoms. The number of benzene rings is 3. The molecule has 0 spiro atoms. The summed E-state index contributed by atoms with van der Waals surface area (Å²) in [6.45, 7) is 3.74. The number of aryl methyl sites for hydroxylation is 1. The Bertz CT molecular complexity index is 1370. The molecule has 1 aromatic heterocycles. The van der Waals surface area contributed by atoms with Gasteiger partial charge in [0.2, 0.25) is 10.0 Å². The lowest BCUT2D eigenvalue weighted by Gasteiger charge is -2.35. The second-order valence-electron chi connectivity index (χ2n) is 7.91. The fourth-order valence-electron chi connectivity index (χ4n) is 4.13. The summed E-state index contributed by atoms with van der Waals surface area (Å²) in [5.41, 5.74) is 4.25. The summed E-state index contributed by atoms with van der Waals surface area (Å²) in [4.78, 5) is 12.4. The highest BCUT2D eigenvalue weighted by Crippen LogP contribution is 2.31. The first-order valence-corrected chi connectivity index (χ1v) is 12.1. The molecule has 0 bridgehead atoms. The summed E-state index contributed by atoms with van der Waals surface area (Å²) in [6.07, 6.45) is 0. The van der Waals surface area contributed by atoms with Crippen LogP contribution in [0.25, 0.3) is 22.3 Å². The number of aromatic nitrogens is 2. The standard InChI is InChI=1S/C25H24N4O2S/c1-19-9-5-8-14-23(19)32(30,31)29-17-15-28(16-18-29)25-24(20-10-3-2-4-11-20)26-21-12-6-7-13-22(21)27-25/h2-14H,15-18H2,1H3. The van der Waals surface area contributed by atoms with E-state index in [0.29, 0.717) is 31.1 Å². The number of hydrogen-bond acceptors (Lipinski definition) is 5. The third-order valence-electron chi connectivity index (χ3n) is 5.85. The van der Waals surface area contributed by atoms with E-state index in [0.717, 1.165) is 33.7 Å². The van der Waals surface area contributed by atoms with Gasteiger partial charge in [-0.15, -0.1) is 0 Å². The van der Waals surface area contributed by atoms with Gasteiger partial charge in [0.15, 0.2) is 5.82 Å². The first-order chi connectivity index (χ1) is 15.5. The summed E-state index contributed by atoms with van der Waals surface area (Å²) in [6, 6.07) is 25.0. The van der Waals surface area contributed by atoms with Gasteiger partial charge in [0.25, 0.3) is 0 Å². The van der Waals surface area contributed by atoms with Gasteiger partial charge in [-0.05, 0) is 30.7 Å². The molecule has 0 unspecified atom stereocenters. The van der Waals surface area contributed by atoms with E-state index in [-0.39, 0.29) is 0 Å². The minimum atomic E-state index is -3.52. The van der Waals surface area contributed by atoms with Crippen LogP contribution in [0.1, 0.15) is 5.56 Å². The maximum atomic E-state index is 13.2. The second kappa shape index (κ2) is 8.33. The molecule has 32 heavy (non-hydrogen) atoms. The fraction of sp³-hybridized carbons (Fsp3) is 0.200. The number of nitrogens with zero attached hydrogens (tertiary/aromatic N) is 4. The van der Waals surface area contributed by atoms with Gasteiger partial charge in [-0.25, -0.2) is 18.4 Å². The smallest absolute Gasteiger partial charge is 0.243 e. The van der Waals surface area contributed by atoms with E-state index in [1.54, 1.807) is 16.4 Å². The van der Waals surface area contributed by atoms with Crippen molar-refractivity contribution >= 4 is 26.9 Å². The van der Waals surface area contributed by atoms with Crippen molar-refractivity contribution in [2.24, 2.45) is 0 Å². The van der Waals surface area contributed by atoms with Crippen molar-refractivity contribution in [2.45, 2.75) is 11.8 Å². The Labute approximate surface area is 188 Å². The predicted octanol–water partition coefficient (Wildman–Crippen LogP) is 4.12. The van der Waals surface area contributed by atoms with E-state index in [9.17, 15) is 8.42 Å². The van der Waals surface area contributed by atoms with Crippen molar-refractivity contribution in [3.63, 3.8) is 0 Å². The molecule has 0 aliphatic carbocycles. The average molecular weight is 445 g/mol. The minimum Gasteiger partial charge on any atom is -0.352 e. The molecule has 4 aromatic rings. The van der Waals surface area contributed by atoms with Crippen molar-refractivity contribution < 1.29 is 8.42 Å². The number of anilines is 1. The predicted molar refractivity (Wildman–Crippen MR) is 127 cm³/mol. The molecule has 1 saturated heterocycles. The van der Waals surface area contributed by atoms with E-state index in [1.807, 2.05) is 73.7 Å². The summed E-state index contributed by atoms with van der Waals surface area (Å²) >= 11 is 0. The minimum absolute atomic E-state index is 0.379. The Hall–Kier alpha value is -3.29. The lowest BCUT2D eigenvalue weighted by Crippen LogP contribution is -2.49. The number of rotatable bonds is 4. The Morgan fingerprint density at radius 3 is 2.00 bits per heavy atom. The average Bonchev–Trinajstić information content (AvgIpc) is 2.84. The van der Waals surface area contributed by atoms with Crippen LogP contribution in [-0.2, 0) is 10.0 Å². The number of para-hydroxylation sites is 2. The van der Waals surface area contributed by atoms with Gasteiger partial charge in [-0.2, -0.15) is 4.31 Å². The molecule has 1 aliphatic heterocycles. The van der Waals surface area contributed by atoms with E-state index in [4.69, 9.17) is 9.97 Å². The third-order valence-corrected chi connectivity index (χ3v) is 7.91. The van der Waals surface area contributed by atoms with Crippen LogP contribution in [0.3, 0.4) is 0 Å². The lowest BCUT2D eigenvalue weighted by atomic mass is 10.1. The molecule has 0 N–H and O–H groups in total. The first-order valence-electron chi connectivity index (χ1n) is 10.7. The summed E-state index contributed by atoms with van der Waals surface area (Å²) in [5, 5.41) is 0. The van der Waals surface area contributed by atoms with Crippen LogP contribution >= 0.6 is 0 Å². The molecule has 5 rings (SSSR count). The lowest BCUT2D eigenvalue weighted by molar-refractivity contribution is 0.383. The van der Waals surface area contributed by atoms with Crippen LogP contribution in [0.15, 0.2) is 83.8 Å². The highest BCUT2D eigenvalue weighted by Gasteiger charge is 2.31. The zero-order valence-corrected chi connectivity index (χ0v) is 18.7. The van der Waals surface area contributed by atoms with Crippen LogP contribution in [0.4, 0.5) is 5.82 Å². The van der Waals surface area contributed by atoms with Crippen LogP contribution in [0, 0.1) is 6.92 Å². The van der Waals surface area contributed by atoms with Crippen molar-refractivity contribution in [2.75, 3.05) is 31.1 Å². The molecule has 2 heterocycles. The Balaban J connectivity index is 1.47. The SMILES string of the molecule is Cc1ccccc1S(=O)(=O)N1CCN(c2nc3ccccc3nc2-c2ccccc2)CC1. The number of fused-ring (bicyclic) bond motifs is 1. The van der Waals surface area contributed by atoms with Crippen LogP contribution in [0.2, 0.25) is 0 Å². The van der Waals surface area contributed by atoms with Gasteiger partial charge >= 0.3 is 0 Å². The highest BCUT2D eigenvalue weighted by atomic mass is 32.2. The summed E-state index contributed by atoms with van der Waals surface area (Å²) in [5.74, 6) is 0.794. The topological polar surface area (TPSA) is 66.4 Å². The molecule has 3 aromatic carbocycles. The molecule has 162 valence electrons. The molecular weight excluding hydrogens is 420 g/mol. The zero-order chi connectivity index (χ0) is 22.1. The maximum absolute atomic E-state index is 13.2. The molecule has 0 saturated carbocycles. The van der Waals surface area contributed by atoms with Crippen molar-refractivity contribution in [1.82, 2.24) is 14.3 Å². The molecule has 0 atom stereocenters. The van der Waals surface area contributed by atoms with E-state index in [2.05, 4.69) is 4.90 Å². The van der Waals surface area contributed by atoms with E-state index in [1.165, 1.54) is 0 Å². The molecule has 0 radical (unpaired) electrons. The van der Waals surface area contributed by atoms with Gasteiger partial charge in [0, 0.05) is 31.7 Å². The van der Waals surface area contributed by atoms with E-state index >= 15 is 0 Å². The monoisotopic (exact) mass is 444 g/mol. The van der Waals surface area contributed by atoms with Crippen molar-refractivity contribution in [1.29, 1.82) is 0 Å². The quantitative estimate of drug-likeness (QED) is 0.474. The Morgan fingerprint density at radius 1 is 0.719 bits per heavy atom. The van der Waals surface area contributed by atoms with Gasteiger partial charge in [-0.3, -0.25) is 0 Å². The highest BCUT2D eigenvalue weighted by molar-refractivity contribution is 7.89. The van der Waals surface area contributed by atoms with Crippen LogP contribution in [0.5, 0.6) is 0 Å². The number of piperazine rings is 1. The van der Waals surface area contributed by atoms with E-state index < -0.39 is 10.0 Å². The fourth-order valence-corrected chi connectivity index (χ4v) is 5.77. The molecule has 1 aliphatic rings. The molecule has 1 fully saturated rings. The summed E-state index contributed by atoms with van der Waals surface area (Å²) < 4.78 is 28.0. The summed E-state index contributed by atoms with van der Waals surface area (Å²) in [7, 11) is -3.52. The largest absolute Gasteiger partial charge is 0.352 e. The molecule has 0 amide bonds. The van der Waals surface area contributed by atoms with Gasteiger partial charge in [-0.1, -0.05) is 60.7 Å². The maximum Gasteiger partial charge on any atom is 0.243 e. The number of hydrogen-bond donors (Lipinski definition) is 0. The van der Waals surface area contributed by atoms with Gasteiger partial charge in [0.1, 0.15) is 5.69 Å². The zero-order valence-electron chi connectivity index (χ0n) is 17.8. The van der Waals surface area contributed by atoms with Crippen LogP contribution < -0.4 is 4.90 Å². The normalized spacial score (nSPS) is 15.2. The molecule has 6 nitrogen and oxygen atoms in total. The third kappa shape index (κ3) is 3.74. The number of sulfonamides is 1. The van der Waals surface area contributed by atoms with Crippen molar-refractivity contribution in [3.05, 3.63) is 84.4 Å². The second-order valence-corrected chi connectivity index (χ2v) is 9.81. The van der Waals surface area contributed by atoms with Crippen molar-refractivity contribution in [3.8, 4) is 11.3 Å². The first kappa shape index (κ1) is 20.6.